The van der Waals surface area contributed by atoms with E-state index in [-0.39, 0.29) is 24.2 Å². The van der Waals surface area contributed by atoms with E-state index in [1.165, 1.54) is 6.07 Å². The van der Waals surface area contributed by atoms with Crippen LogP contribution in [0.4, 0.5) is 4.39 Å². The minimum Gasteiger partial charge on any atom is -0.339 e. The highest BCUT2D eigenvalue weighted by molar-refractivity contribution is 5.84. The van der Waals surface area contributed by atoms with Crippen molar-refractivity contribution in [2.24, 2.45) is 36.5 Å². The number of hydrogen-bond donors (Lipinski definition) is 3. The quantitative estimate of drug-likeness (QED) is 0.540. The number of nitrogens with zero attached hydrogens (tertiary/aromatic N) is 2. The summed E-state index contributed by atoms with van der Waals surface area (Å²) in [6, 6.07) is 11.4. The van der Waals surface area contributed by atoms with E-state index in [1.54, 1.807) is 10.7 Å². The molecule has 6 rings (SSSR count). The molecule has 1 amide bonds. The van der Waals surface area contributed by atoms with Gasteiger partial charge in [0.05, 0.1) is 17.7 Å². The van der Waals surface area contributed by atoms with E-state index in [1.807, 2.05) is 37.5 Å². The van der Waals surface area contributed by atoms with Gasteiger partial charge in [-0.1, -0.05) is 31.2 Å². The molecule has 6 nitrogen and oxygen atoms in total. The monoisotopic (exact) mass is 433 g/mol. The molecular weight excluding hydrogens is 405 g/mol. The van der Waals surface area contributed by atoms with Crippen molar-refractivity contribution in [1.29, 1.82) is 0 Å². The molecule has 166 valence electrons. The van der Waals surface area contributed by atoms with Crippen molar-refractivity contribution >= 4 is 16.8 Å². The number of aromatic nitrogens is 2. The Hall–Kier alpha value is -2.77. The molecule has 2 saturated carbocycles. The van der Waals surface area contributed by atoms with Crippen LogP contribution in [0.3, 0.4) is 0 Å². The Labute approximate surface area is 186 Å². The van der Waals surface area contributed by atoms with Crippen LogP contribution in [0, 0.1) is 29.5 Å². The summed E-state index contributed by atoms with van der Waals surface area (Å²) in [5.74, 6) is 2.21. The maximum Gasteiger partial charge on any atom is 0.238 e. The molecule has 1 saturated heterocycles. The van der Waals surface area contributed by atoms with Gasteiger partial charge in [0.1, 0.15) is 5.82 Å². The van der Waals surface area contributed by atoms with Gasteiger partial charge < -0.3 is 16.4 Å². The van der Waals surface area contributed by atoms with Gasteiger partial charge in [0, 0.05) is 31.1 Å². The minimum atomic E-state index is -0.624. The molecule has 2 heterocycles. The fraction of sp³-hybridized carbons (Fsp3) is 0.440. The van der Waals surface area contributed by atoms with E-state index in [2.05, 4.69) is 22.7 Å². The number of benzene rings is 2. The SMILES string of the molecule is CC1C2C3CC(C(C(=O)NC(N)Cc4ccc(-c5ccc6cn(C)nc6c5)cc4F)N3)C12. The lowest BCUT2D eigenvalue weighted by atomic mass is 9.94. The predicted molar refractivity (Wildman–Crippen MR) is 121 cm³/mol. The molecule has 3 aromatic rings. The number of nitrogens with one attached hydrogen (secondary N) is 2. The van der Waals surface area contributed by atoms with Gasteiger partial charge in [-0.3, -0.25) is 9.48 Å². The third-order valence-corrected chi connectivity index (χ3v) is 7.88. The number of aryl methyl sites for hydroxylation is 1. The van der Waals surface area contributed by atoms with Crippen molar-refractivity contribution in [1.82, 2.24) is 20.4 Å². The average Bonchev–Trinajstić information content (AvgIpc) is 3.11. The Kier molecular flexibility index (Phi) is 4.42. The second-order valence-corrected chi connectivity index (χ2v) is 9.87. The lowest BCUT2D eigenvalue weighted by Crippen LogP contribution is -2.53. The molecule has 4 N–H and O–H groups in total. The Morgan fingerprint density at radius 1 is 1.28 bits per heavy atom. The standard InChI is InChI=1S/C25H28FN5O/c1-12-22-17-10-20(23(12)22)28-24(17)25(32)29-21(27)9-15-5-3-13(7-18(15)26)14-4-6-16-11-31(2)30-19(16)8-14/h3-8,11-12,17,20-24,28H,9-10,27H2,1-2H3,(H,29,32). The summed E-state index contributed by atoms with van der Waals surface area (Å²) in [5.41, 5.74) is 9.26. The molecule has 2 aromatic carbocycles. The minimum absolute atomic E-state index is 0.0526. The van der Waals surface area contributed by atoms with Crippen molar-refractivity contribution in [3.63, 3.8) is 0 Å². The van der Waals surface area contributed by atoms with Gasteiger partial charge in [-0.2, -0.15) is 5.10 Å². The second kappa shape index (κ2) is 7.12. The van der Waals surface area contributed by atoms with E-state index in [9.17, 15) is 9.18 Å². The van der Waals surface area contributed by atoms with E-state index in [0.717, 1.165) is 40.3 Å². The average molecular weight is 434 g/mol. The highest BCUT2D eigenvalue weighted by atomic mass is 19.1. The summed E-state index contributed by atoms with van der Waals surface area (Å²) in [7, 11) is 1.88. The second-order valence-electron chi connectivity index (χ2n) is 9.87. The first-order valence-corrected chi connectivity index (χ1v) is 11.4. The van der Waals surface area contributed by atoms with Crippen molar-refractivity contribution in [2.45, 2.75) is 38.0 Å². The molecule has 7 atom stereocenters. The van der Waals surface area contributed by atoms with Crippen molar-refractivity contribution < 1.29 is 9.18 Å². The van der Waals surface area contributed by atoms with Gasteiger partial charge >= 0.3 is 0 Å². The van der Waals surface area contributed by atoms with Crippen LogP contribution >= 0.6 is 0 Å². The van der Waals surface area contributed by atoms with Crippen LogP contribution in [0.1, 0.15) is 18.9 Å². The van der Waals surface area contributed by atoms with E-state index < -0.39 is 6.17 Å². The molecule has 1 aromatic heterocycles. The molecule has 7 heteroatoms. The fourth-order valence-electron chi connectivity index (χ4n) is 6.38. The largest absolute Gasteiger partial charge is 0.339 e. The van der Waals surface area contributed by atoms with E-state index >= 15 is 0 Å². The molecule has 0 spiro atoms. The molecule has 2 aliphatic carbocycles. The molecule has 3 aliphatic rings. The van der Waals surface area contributed by atoms with Gasteiger partial charge in [0.2, 0.25) is 5.91 Å². The van der Waals surface area contributed by atoms with Crippen molar-refractivity contribution in [3.8, 4) is 11.1 Å². The van der Waals surface area contributed by atoms with Gasteiger partial charge in [-0.15, -0.1) is 0 Å². The lowest BCUT2D eigenvalue weighted by Gasteiger charge is -2.24. The summed E-state index contributed by atoms with van der Waals surface area (Å²) < 4.78 is 16.6. The van der Waals surface area contributed by atoms with Crippen LogP contribution < -0.4 is 16.4 Å². The molecule has 7 unspecified atom stereocenters. The Morgan fingerprint density at radius 2 is 2.06 bits per heavy atom. The van der Waals surface area contributed by atoms with Gasteiger partial charge in [-0.25, -0.2) is 4.39 Å². The topological polar surface area (TPSA) is 85.0 Å². The number of amides is 1. The number of fused-ring (bicyclic) bond motifs is 6. The smallest absolute Gasteiger partial charge is 0.238 e. The van der Waals surface area contributed by atoms with Crippen LogP contribution in [0.25, 0.3) is 22.0 Å². The normalized spacial score (nSPS) is 31.0. The number of halogens is 1. The summed E-state index contributed by atoms with van der Waals surface area (Å²) in [6.45, 7) is 2.28. The zero-order valence-electron chi connectivity index (χ0n) is 18.3. The van der Waals surface area contributed by atoms with Crippen molar-refractivity contribution in [3.05, 3.63) is 54.0 Å². The van der Waals surface area contributed by atoms with E-state index in [4.69, 9.17) is 5.73 Å². The van der Waals surface area contributed by atoms with Crippen LogP contribution in [0.2, 0.25) is 0 Å². The maximum atomic E-state index is 14.9. The zero-order valence-corrected chi connectivity index (χ0v) is 18.3. The molecular formula is C25H28FN5O. The summed E-state index contributed by atoms with van der Waals surface area (Å²) in [5, 5.41) is 11.9. The Balaban J connectivity index is 1.12. The van der Waals surface area contributed by atoms with Gasteiger partial charge in [-0.05, 0) is 58.9 Å². The predicted octanol–water partition coefficient (Wildman–Crippen LogP) is 2.57. The third-order valence-electron chi connectivity index (χ3n) is 7.88. The van der Waals surface area contributed by atoms with Crippen molar-refractivity contribution in [2.75, 3.05) is 0 Å². The number of piperidine rings is 1. The first kappa shape index (κ1) is 19.9. The fourth-order valence-corrected chi connectivity index (χ4v) is 6.38. The highest BCUT2D eigenvalue weighted by Gasteiger charge is 2.67. The Bertz CT molecular complexity index is 1220. The Morgan fingerprint density at radius 3 is 2.84 bits per heavy atom. The van der Waals surface area contributed by atoms with Crippen LogP contribution in [0.5, 0.6) is 0 Å². The number of rotatable bonds is 5. The number of carbonyl (C=O) groups excluding carboxylic acids is 1. The number of nitrogens with two attached hydrogens (primary N) is 1. The van der Waals surface area contributed by atoms with Crippen LogP contribution in [-0.2, 0) is 18.3 Å². The first-order valence-electron chi connectivity index (χ1n) is 11.4. The molecule has 2 bridgehead atoms. The molecule has 0 radical (unpaired) electrons. The molecule has 1 aliphatic heterocycles. The van der Waals surface area contributed by atoms with Crippen LogP contribution in [-0.4, -0.2) is 33.9 Å². The lowest BCUT2D eigenvalue weighted by molar-refractivity contribution is -0.124. The number of hydrogen-bond acceptors (Lipinski definition) is 4. The molecule has 32 heavy (non-hydrogen) atoms. The maximum absolute atomic E-state index is 14.9. The highest BCUT2D eigenvalue weighted by Crippen LogP contribution is 2.64. The van der Waals surface area contributed by atoms with Gasteiger partial charge in [0.15, 0.2) is 0 Å². The van der Waals surface area contributed by atoms with Gasteiger partial charge in [0.25, 0.3) is 0 Å². The molecule has 3 fully saturated rings. The number of carbonyl (C=O) groups is 1. The first-order chi connectivity index (χ1) is 15.4. The van der Waals surface area contributed by atoms with Crippen LogP contribution in [0.15, 0.2) is 42.6 Å². The summed E-state index contributed by atoms with van der Waals surface area (Å²) in [6.07, 6.45) is 2.67. The third kappa shape index (κ3) is 3.14. The summed E-state index contributed by atoms with van der Waals surface area (Å²) >= 11 is 0. The van der Waals surface area contributed by atoms with E-state index in [0.29, 0.717) is 23.4 Å². The zero-order chi connectivity index (χ0) is 22.1. The summed E-state index contributed by atoms with van der Waals surface area (Å²) in [4.78, 5) is 12.8.